The van der Waals surface area contributed by atoms with Gasteiger partial charge in [-0.1, -0.05) is 30.3 Å². The van der Waals surface area contributed by atoms with E-state index in [1.54, 1.807) is 0 Å². The number of alkyl halides is 3. The van der Waals surface area contributed by atoms with E-state index in [0.717, 1.165) is 6.07 Å². The van der Waals surface area contributed by atoms with Gasteiger partial charge in [0.05, 0.1) is 18.3 Å². The number of carbonyl (C=O) groups is 2. The summed E-state index contributed by atoms with van der Waals surface area (Å²) in [6.07, 6.45) is -7.12. The van der Waals surface area contributed by atoms with Gasteiger partial charge in [0.2, 0.25) is 5.91 Å². The number of ether oxygens (including phenoxy) is 2. The van der Waals surface area contributed by atoms with Crippen LogP contribution in [0, 0.1) is 17.5 Å². The maximum absolute atomic E-state index is 14.8. The van der Waals surface area contributed by atoms with Crippen LogP contribution in [0.3, 0.4) is 0 Å². The number of amides is 2. The number of nitrogens with two attached hydrogens (primary N) is 1. The molecule has 4 rings (SSSR count). The first-order chi connectivity index (χ1) is 21.3. The summed E-state index contributed by atoms with van der Waals surface area (Å²) < 4.78 is 91.4. The van der Waals surface area contributed by atoms with Crippen molar-refractivity contribution in [1.29, 1.82) is 0 Å². The summed E-state index contributed by atoms with van der Waals surface area (Å²) in [5, 5.41) is 14.5. The van der Waals surface area contributed by atoms with E-state index in [0.29, 0.717) is 11.1 Å². The normalized spacial score (nSPS) is 17.5. The van der Waals surface area contributed by atoms with E-state index in [-0.39, 0.29) is 36.1 Å². The van der Waals surface area contributed by atoms with Crippen LogP contribution in [0.15, 0.2) is 66.7 Å². The Bertz CT molecular complexity index is 1410. The summed E-state index contributed by atoms with van der Waals surface area (Å²) in [6.45, 7) is -2.41. The summed E-state index contributed by atoms with van der Waals surface area (Å²) in [6, 6.07) is 12.4. The maximum atomic E-state index is 14.8. The number of benzene rings is 3. The predicted molar refractivity (Wildman–Crippen MR) is 150 cm³/mol. The van der Waals surface area contributed by atoms with Crippen molar-refractivity contribution >= 4 is 17.7 Å². The minimum Gasteiger partial charge on any atom is -0.486 e. The molecule has 1 fully saturated rings. The minimum absolute atomic E-state index is 0.0571. The molecule has 0 aromatic heterocycles. The van der Waals surface area contributed by atoms with E-state index in [1.165, 1.54) is 60.7 Å². The molecule has 1 saturated heterocycles. The number of carboxylic acid groups (broad SMARTS) is 1. The number of rotatable bonds is 11. The van der Waals surface area contributed by atoms with Gasteiger partial charge in [0, 0.05) is 25.0 Å². The lowest BCUT2D eigenvalue weighted by Crippen LogP contribution is -2.54. The first kappa shape index (κ1) is 33.6. The molecule has 242 valence electrons. The number of hydrogen-bond acceptors (Lipinski definition) is 6. The number of halogens is 6. The molecule has 45 heavy (non-hydrogen) atoms. The first-order valence-electron chi connectivity index (χ1n) is 13.7. The molecule has 15 heteroatoms. The molecule has 9 nitrogen and oxygen atoms in total. The monoisotopic (exact) mass is 640 g/mol. The Labute approximate surface area is 253 Å². The molecule has 3 atom stereocenters. The number of anilines is 1. The first-order valence-corrected chi connectivity index (χ1v) is 13.7. The molecule has 3 aromatic rings. The van der Waals surface area contributed by atoms with Crippen LogP contribution in [-0.2, 0) is 9.53 Å². The highest BCUT2D eigenvalue weighted by Crippen LogP contribution is 2.32. The second kappa shape index (κ2) is 14.6. The SMILES string of the molecule is N[C@H](C(=O)Nc1cccc(F)c1OC[C@@H]1CN[C@@H](CN(CC(F)(F)F)C(=O)O)CO1)C(c1ccc(F)cc1)c1ccc(F)cc1. The second-order valence-corrected chi connectivity index (χ2v) is 10.4. The largest absolute Gasteiger partial charge is 0.486 e. The lowest BCUT2D eigenvalue weighted by Gasteiger charge is -2.33. The number of nitrogens with one attached hydrogen (secondary N) is 2. The van der Waals surface area contributed by atoms with Crippen molar-refractivity contribution in [2.45, 2.75) is 30.3 Å². The highest BCUT2D eigenvalue weighted by molar-refractivity contribution is 5.97. The third kappa shape index (κ3) is 9.33. The van der Waals surface area contributed by atoms with Crippen molar-refractivity contribution < 1.29 is 50.5 Å². The van der Waals surface area contributed by atoms with E-state index in [1.807, 2.05) is 0 Å². The van der Waals surface area contributed by atoms with Gasteiger partial charge in [-0.2, -0.15) is 13.2 Å². The Morgan fingerprint density at radius 3 is 2.13 bits per heavy atom. The van der Waals surface area contributed by atoms with Crippen LogP contribution in [0.1, 0.15) is 17.0 Å². The molecule has 0 spiro atoms. The highest BCUT2D eigenvalue weighted by Gasteiger charge is 2.35. The van der Waals surface area contributed by atoms with Crippen molar-refractivity contribution in [3.8, 4) is 5.75 Å². The van der Waals surface area contributed by atoms with Gasteiger partial charge in [-0.15, -0.1) is 0 Å². The Morgan fingerprint density at radius 1 is 1.02 bits per heavy atom. The fourth-order valence-corrected chi connectivity index (χ4v) is 4.83. The number of hydrogen-bond donors (Lipinski definition) is 4. The Balaban J connectivity index is 1.41. The molecule has 0 unspecified atom stereocenters. The molecular weight excluding hydrogens is 610 g/mol. The van der Waals surface area contributed by atoms with Crippen molar-refractivity contribution in [3.63, 3.8) is 0 Å². The van der Waals surface area contributed by atoms with Crippen molar-refractivity contribution in [2.75, 3.05) is 38.2 Å². The smallest absolute Gasteiger partial charge is 0.407 e. The maximum Gasteiger partial charge on any atom is 0.407 e. The van der Waals surface area contributed by atoms with Gasteiger partial charge >= 0.3 is 12.3 Å². The average molecular weight is 641 g/mol. The zero-order chi connectivity index (χ0) is 32.7. The summed E-state index contributed by atoms with van der Waals surface area (Å²) in [7, 11) is 0. The second-order valence-electron chi connectivity index (χ2n) is 10.4. The molecule has 0 bridgehead atoms. The predicted octanol–water partition coefficient (Wildman–Crippen LogP) is 4.48. The summed E-state index contributed by atoms with van der Waals surface area (Å²) in [5.41, 5.74) is 7.26. The van der Waals surface area contributed by atoms with Crippen molar-refractivity contribution in [2.24, 2.45) is 5.73 Å². The molecule has 0 radical (unpaired) electrons. The molecule has 0 aliphatic carbocycles. The van der Waals surface area contributed by atoms with E-state index < -0.39 is 72.8 Å². The summed E-state index contributed by atoms with van der Waals surface area (Å²) >= 11 is 0. The molecule has 1 aliphatic heterocycles. The van der Waals surface area contributed by atoms with Gasteiger partial charge in [0.25, 0.3) is 0 Å². The van der Waals surface area contributed by atoms with Crippen LogP contribution in [-0.4, -0.2) is 79.2 Å². The minimum atomic E-state index is -4.70. The molecule has 1 heterocycles. The highest BCUT2D eigenvalue weighted by atomic mass is 19.4. The van der Waals surface area contributed by atoms with Crippen LogP contribution >= 0.6 is 0 Å². The van der Waals surface area contributed by atoms with E-state index in [4.69, 9.17) is 20.3 Å². The fourth-order valence-electron chi connectivity index (χ4n) is 4.83. The average Bonchev–Trinajstić information content (AvgIpc) is 2.98. The number of nitrogens with zero attached hydrogens (tertiary/aromatic N) is 1. The molecule has 0 saturated carbocycles. The van der Waals surface area contributed by atoms with E-state index in [9.17, 15) is 35.9 Å². The van der Waals surface area contributed by atoms with Gasteiger partial charge < -0.3 is 30.9 Å². The van der Waals surface area contributed by atoms with Crippen molar-refractivity contribution in [1.82, 2.24) is 10.2 Å². The van der Waals surface area contributed by atoms with Crippen LogP contribution < -0.4 is 21.1 Å². The fraction of sp³-hybridized carbons (Fsp3) is 0.333. The van der Waals surface area contributed by atoms with Crippen LogP contribution in [0.4, 0.5) is 36.8 Å². The molecule has 3 aromatic carbocycles. The van der Waals surface area contributed by atoms with Gasteiger partial charge in [0.1, 0.15) is 30.9 Å². The standard InChI is InChI=1S/C30H30F6N4O5/c31-19-8-4-17(5-9-19)25(18-6-10-20(32)11-7-18)26(37)28(41)39-24-3-1-2-23(33)27(24)45-15-22-12-38-21(14-44-22)13-40(29(42)43)16-30(34,35)36/h1-11,21-22,25-26,38H,12-16,37H2,(H,39,41)(H,42,43)/t21-,22-,26-/m0/s1. The molecule has 5 N–H and O–H groups in total. The van der Waals surface area contributed by atoms with Gasteiger partial charge in [-0.3, -0.25) is 9.69 Å². The Morgan fingerprint density at radius 2 is 1.62 bits per heavy atom. The Kier molecular flexibility index (Phi) is 10.9. The Hall–Kier alpha value is -4.34. The third-order valence-electron chi connectivity index (χ3n) is 7.01. The van der Waals surface area contributed by atoms with E-state index in [2.05, 4.69) is 10.6 Å². The molecular formula is C30H30F6N4O5. The molecule has 2 amide bonds. The number of carbonyl (C=O) groups excluding carboxylic acids is 1. The molecule has 1 aliphatic rings. The number of para-hydroxylation sites is 1. The van der Waals surface area contributed by atoms with Gasteiger partial charge in [0.15, 0.2) is 11.6 Å². The van der Waals surface area contributed by atoms with Crippen LogP contribution in [0.2, 0.25) is 0 Å². The topological polar surface area (TPSA) is 126 Å². The zero-order valence-corrected chi connectivity index (χ0v) is 23.6. The van der Waals surface area contributed by atoms with Crippen molar-refractivity contribution in [3.05, 3.63) is 95.3 Å². The lowest BCUT2D eigenvalue weighted by atomic mass is 9.85. The third-order valence-corrected chi connectivity index (χ3v) is 7.01. The zero-order valence-electron chi connectivity index (χ0n) is 23.6. The van der Waals surface area contributed by atoms with E-state index >= 15 is 0 Å². The quantitative estimate of drug-likeness (QED) is 0.228. The lowest BCUT2D eigenvalue weighted by molar-refractivity contribution is -0.143. The number of morpholine rings is 1. The van der Waals surface area contributed by atoms with Gasteiger partial charge in [-0.05, 0) is 47.5 Å². The van der Waals surface area contributed by atoms with Gasteiger partial charge in [-0.25, -0.2) is 18.0 Å². The summed E-state index contributed by atoms with van der Waals surface area (Å²) in [5.74, 6) is -3.73. The summed E-state index contributed by atoms with van der Waals surface area (Å²) in [4.78, 5) is 24.8. The van der Waals surface area contributed by atoms with Crippen LogP contribution in [0.25, 0.3) is 0 Å². The van der Waals surface area contributed by atoms with Crippen LogP contribution in [0.5, 0.6) is 5.75 Å².